The highest BCUT2D eigenvalue weighted by atomic mass is 19.1. The first-order valence-electron chi connectivity index (χ1n) is 12.3. The molecule has 0 atom stereocenters. The Labute approximate surface area is 205 Å². The molecule has 5 rings (SSSR count). The minimum absolute atomic E-state index is 0.135. The maximum atomic E-state index is 12.4. The number of benzene rings is 2. The number of amides is 1. The number of alkyl halides is 1. The topological polar surface area (TPSA) is 73.4 Å². The van der Waals surface area contributed by atoms with Crippen LogP contribution in [0.2, 0.25) is 0 Å². The SMILES string of the molecule is Cc1ccccc1C1=C(c2ccc(OC3CN(CCCF)C3)cc2)n2nc(C(N)=O)cc2CCC1. The predicted molar refractivity (Wildman–Crippen MR) is 135 cm³/mol. The van der Waals surface area contributed by atoms with Gasteiger partial charge in [0.05, 0.1) is 12.4 Å². The number of halogens is 1. The van der Waals surface area contributed by atoms with Crippen molar-refractivity contribution >= 4 is 17.2 Å². The lowest BCUT2D eigenvalue weighted by atomic mass is 9.93. The molecule has 35 heavy (non-hydrogen) atoms. The minimum atomic E-state index is -0.521. The second-order valence-electron chi connectivity index (χ2n) is 9.36. The Hall–Kier alpha value is -3.45. The standard InChI is InChI=1S/C28H31FN4O2/c1-19-6-2-3-8-24(19)25-9-4-7-21-16-26(28(30)34)31-33(21)27(25)20-10-12-22(13-11-20)35-23-17-32(18-23)15-5-14-29/h2-3,6,8,10-13,16,23H,4-5,7,9,14-15,17-18H2,1H3,(H2,30,34). The summed E-state index contributed by atoms with van der Waals surface area (Å²) in [5.41, 5.74) is 12.4. The normalized spacial score (nSPS) is 16.5. The Morgan fingerprint density at radius 2 is 1.91 bits per heavy atom. The summed E-state index contributed by atoms with van der Waals surface area (Å²) in [5.74, 6) is 0.293. The van der Waals surface area contributed by atoms with E-state index < -0.39 is 5.91 Å². The largest absolute Gasteiger partial charge is 0.488 e. The predicted octanol–water partition coefficient (Wildman–Crippen LogP) is 4.47. The first kappa shape index (κ1) is 23.3. The average Bonchev–Trinajstić information content (AvgIpc) is 3.17. The van der Waals surface area contributed by atoms with E-state index in [1.54, 1.807) is 0 Å². The Morgan fingerprint density at radius 3 is 2.63 bits per heavy atom. The van der Waals surface area contributed by atoms with Crippen molar-refractivity contribution in [3.05, 3.63) is 82.7 Å². The molecule has 1 aromatic heterocycles. The molecule has 0 radical (unpaired) electrons. The number of nitrogens with two attached hydrogens (primary N) is 1. The van der Waals surface area contributed by atoms with Crippen LogP contribution in [0.15, 0.2) is 54.6 Å². The van der Waals surface area contributed by atoms with Crippen LogP contribution in [0.3, 0.4) is 0 Å². The number of likely N-dealkylation sites (tertiary alicyclic amines) is 1. The second kappa shape index (κ2) is 10.0. The van der Waals surface area contributed by atoms with Gasteiger partial charge in [0, 0.05) is 30.9 Å². The molecule has 1 amide bonds. The van der Waals surface area contributed by atoms with E-state index in [1.807, 2.05) is 28.9 Å². The number of carbonyl (C=O) groups is 1. The Kier molecular flexibility index (Phi) is 6.68. The number of aromatic nitrogens is 2. The minimum Gasteiger partial charge on any atom is -0.488 e. The highest BCUT2D eigenvalue weighted by molar-refractivity contribution is 5.94. The molecule has 0 unspecified atom stereocenters. The smallest absolute Gasteiger partial charge is 0.269 e. The van der Waals surface area contributed by atoms with E-state index in [-0.39, 0.29) is 18.5 Å². The summed E-state index contributed by atoms with van der Waals surface area (Å²) in [6.07, 6.45) is 3.40. The summed E-state index contributed by atoms with van der Waals surface area (Å²) < 4.78 is 20.4. The molecule has 2 N–H and O–H groups in total. The summed E-state index contributed by atoms with van der Waals surface area (Å²) in [6.45, 7) is 4.29. The zero-order valence-corrected chi connectivity index (χ0v) is 20.0. The monoisotopic (exact) mass is 474 g/mol. The molecule has 0 spiro atoms. The van der Waals surface area contributed by atoms with Gasteiger partial charge in [0.15, 0.2) is 5.69 Å². The van der Waals surface area contributed by atoms with Crippen LogP contribution in [-0.4, -0.2) is 53.0 Å². The molecule has 2 aromatic carbocycles. The van der Waals surface area contributed by atoms with Gasteiger partial charge in [0.2, 0.25) is 0 Å². The third-order valence-electron chi connectivity index (χ3n) is 6.83. The summed E-state index contributed by atoms with van der Waals surface area (Å²) in [6, 6.07) is 18.3. The van der Waals surface area contributed by atoms with Crippen LogP contribution in [0.25, 0.3) is 11.3 Å². The van der Waals surface area contributed by atoms with Crippen molar-refractivity contribution in [2.24, 2.45) is 5.73 Å². The van der Waals surface area contributed by atoms with E-state index in [0.29, 0.717) is 6.42 Å². The number of rotatable bonds is 8. The molecule has 2 aliphatic heterocycles. The zero-order valence-electron chi connectivity index (χ0n) is 20.0. The van der Waals surface area contributed by atoms with Crippen molar-refractivity contribution in [2.75, 3.05) is 26.3 Å². The van der Waals surface area contributed by atoms with Crippen LogP contribution >= 0.6 is 0 Å². The number of fused-ring (bicyclic) bond motifs is 1. The average molecular weight is 475 g/mol. The molecular weight excluding hydrogens is 443 g/mol. The van der Waals surface area contributed by atoms with E-state index >= 15 is 0 Å². The molecule has 6 nitrogen and oxygen atoms in total. The lowest BCUT2D eigenvalue weighted by Crippen LogP contribution is -2.53. The Balaban J connectivity index is 1.48. The van der Waals surface area contributed by atoms with Crippen LogP contribution in [0.4, 0.5) is 4.39 Å². The van der Waals surface area contributed by atoms with Gasteiger partial charge in [0.25, 0.3) is 5.91 Å². The quantitative estimate of drug-likeness (QED) is 0.523. The first-order valence-corrected chi connectivity index (χ1v) is 12.3. The number of hydrogen-bond donors (Lipinski definition) is 1. The fraction of sp³-hybridized carbons (Fsp3) is 0.357. The van der Waals surface area contributed by atoms with Crippen molar-refractivity contribution in [1.29, 1.82) is 0 Å². The lowest BCUT2D eigenvalue weighted by molar-refractivity contribution is 0.0184. The van der Waals surface area contributed by atoms with Gasteiger partial charge in [-0.3, -0.25) is 14.1 Å². The molecule has 1 saturated heterocycles. The summed E-state index contributed by atoms with van der Waals surface area (Å²) in [7, 11) is 0. The van der Waals surface area contributed by atoms with Crippen LogP contribution in [0.1, 0.15) is 52.1 Å². The number of hydrogen-bond acceptors (Lipinski definition) is 4. The van der Waals surface area contributed by atoms with Crippen LogP contribution in [0, 0.1) is 6.92 Å². The van der Waals surface area contributed by atoms with Gasteiger partial charge in [-0.2, -0.15) is 5.10 Å². The number of aryl methyl sites for hydroxylation is 2. The fourth-order valence-corrected chi connectivity index (χ4v) is 5.02. The third kappa shape index (κ3) is 4.86. The Morgan fingerprint density at radius 1 is 1.14 bits per heavy atom. The molecule has 0 saturated carbocycles. The van der Waals surface area contributed by atoms with Crippen molar-refractivity contribution in [1.82, 2.24) is 14.7 Å². The number of nitrogens with zero attached hydrogens (tertiary/aromatic N) is 3. The highest BCUT2D eigenvalue weighted by Crippen LogP contribution is 2.37. The van der Waals surface area contributed by atoms with Crippen molar-refractivity contribution in [2.45, 2.75) is 38.7 Å². The molecule has 7 heteroatoms. The van der Waals surface area contributed by atoms with E-state index in [1.165, 1.54) is 16.7 Å². The molecule has 182 valence electrons. The van der Waals surface area contributed by atoms with Crippen LogP contribution in [0.5, 0.6) is 5.75 Å². The van der Waals surface area contributed by atoms with Gasteiger partial charge in [-0.05, 0) is 79.6 Å². The van der Waals surface area contributed by atoms with Gasteiger partial charge in [-0.15, -0.1) is 0 Å². The third-order valence-corrected chi connectivity index (χ3v) is 6.83. The lowest BCUT2D eigenvalue weighted by Gasteiger charge is -2.38. The summed E-state index contributed by atoms with van der Waals surface area (Å²) in [5, 5.41) is 4.62. The van der Waals surface area contributed by atoms with Gasteiger partial charge in [0.1, 0.15) is 11.9 Å². The van der Waals surface area contributed by atoms with Crippen molar-refractivity contribution in [3.63, 3.8) is 0 Å². The molecule has 0 aliphatic carbocycles. The molecule has 3 aromatic rings. The molecule has 2 aliphatic rings. The number of carbonyl (C=O) groups excluding carboxylic acids is 1. The van der Waals surface area contributed by atoms with Crippen LogP contribution < -0.4 is 10.5 Å². The van der Waals surface area contributed by atoms with Crippen molar-refractivity contribution < 1.29 is 13.9 Å². The van der Waals surface area contributed by atoms with Gasteiger partial charge in [-0.1, -0.05) is 24.3 Å². The second-order valence-corrected chi connectivity index (χ2v) is 9.36. The van der Waals surface area contributed by atoms with Gasteiger partial charge < -0.3 is 10.5 Å². The van der Waals surface area contributed by atoms with Crippen LogP contribution in [-0.2, 0) is 6.42 Å². The highest BCUT2D eigenvalue weighted by Gasteiger charge is 2.28. The maximum Gasteiger partial charge on any atom is 0.269 e. The fourth-order valence-electron chi connectivity index (χ4n) is 5.02. The van der Waals surface area contributed by atoms with E-state index in [9.17, 15) is 9.18 Å². The van der Waals surface area contributed by atoms with E-state index in [2.05, 4.69) is 47.3 Å². The number of allylic oxidation sites excluding steroid dienone is 1. The van der Waals surface area contributed by atoms with E-state index in [0.717, 1.165) is 61.6 Å². The maximum absolute atomic E-state index is 12.4. The van der Waals surface area contributed by atoms with Gasteiger partial charge >= 0.3 is 0 Å². The summed E-state index contributed by atoms with van der Waals surface area (Å²) in [4.78, 5) is 14.1. The first-order chi connectivity index (χ1) is 17.0. The zero-order chi connectivity index (χ0) is 24.4. The number of primary amides is 1. The molecule has 1 fully saturated rings. The summed E-state index contributed by atoms with van der Waals surface area (Å²) >= 11 is 0. The van der Waals surface area contributed by atoms with Crippen molar-refractivity contribution in [3.8, 4) is 5.75 Å². The van der Waals surface area contributed by atoms with Gasteiger partial charge in [-0.25, -0.2) is 4.68 Å². The molecule has 0 bridgehead atoms. The molecular formula is C28H31FN4O2. The molecule has 3 heterocycles. The van der Waals surface area contributed by atoms with E-state index in [4.69, 9.17) is 10.5 Å². The Bertz CT molecular complexity index is 1240. The number of ether oxygens (including phenoxy) is 1.